The molecule has 1 heterocycles. The number of nitrogens with one attached hydrogen (secondary N) is 1. The fraction of sp³-hybridized carbons (Fsp3) is 0.857. The molecule has 0 saturated heterocycles. The van der Waals surface area contributed by atoms with Crippen molar-refractivity contribution in [3.63, 3.8) is 0 Å². The maximum atomic E-state index is 5.49. The lowest BCUT2D eigenvalue weighted by molar-refractivity contribution is 0.213. The Labute approximate surface area is 99.4 Å². The van der Waals surface area contributed by atoms with Gasteiger partial charge in [0, 0.05) is 6.04 Å². The second-order valence-corrected chi connectivity index (χ2v) is 5.38. The third kappa shape index (κ3) is 2.79. The molecule has 92 valence electrons. The molecule has 0 bridgehead atoms. The number of hydrogen-bond acceptors (Lipinski definition) is 2. The minimum atomic E-state index is 0.579. The van der Waals surface area contributed by atoms with E-state index in [0.29, 0.717) is 6.04 Å². The van der Waals surface area contributed by atoms with Gasteiger partial charge in [0.1, 0.15) is 0 Å². The topological polar surface area (TPSA) is 21.3 Å². The van der Waals surface area contributed by atoms with Gasteiger partial charge in [-0.15, -0.1) is 0 Å². The Morgan fingerprint density at radius 1 is 1.50 bits per heavy atom. The predicted molar refractivity (Wildman–Crippen MR) is 67.2 cm³/mol. The van der Waals surface area contributed by atoms with E-state index in [1.54, 1.807) is 0 Å². The van der Waals surface area contributed by atoms with Crippen LogP contribution in [0.1, 0.15) is 46.0 Å². The lowest BCUT2D eigenvalue weighted by atomic mass is 9.88. The van der Waals surface area contributed by atoms with Crippen molar-refractivity contribution in [3.05, 3.63) is 11.8 Å². The van der Waals surface area contributed by atoms with Crippen LogP contribution in [0.5, 0.6) is 0 Å². The smallest absolute Gasteiger partial charge is 0.0876 e. The van der Waals surface area contributed by atoms with Crippen molar-refractivity contribution in [2.75, 3.05) is 13.2 Å². The van der Waals surface area contributed by atoms with Gasteiger partial charge < -0.3 is 10.1 Å². The average Bonchev–Trinajstić information content (AvgIpc) is 2.74. The van der Waals surface area contributed by atoms with Crippen LogP contribution in [0, 0.1) is 11.8 Å². The summed E-state index contributed by atoms with van der Waals surface area (Å²) in [6, 6.07) is 0.579. The van der Waals surface area contributed by atoms with Crippen LogP contribution < -0.4 is 5.32 Å². The Bertz CT molecular complexity index is 249. The third-order valence-electron chi connectivity index (χ3n) is 3.99. The van der Waals surface area contributed by atoms with E-state index >= 15 is 0 Å². The van der Waals surface area contributed by atoms with Crippen LogP contribution >= 0.6 is 0 Å². The maximum Gasteiger partial charge on any atom is 0.0876 e. The molecule has 0 aromatic carbocycles. The van der Waals surface area contributed by atoms with Crippen molar-refractivity contribution in [2.24, 2.45) is 11.8 Å². The molecule has 0 aromatic rings. The van der Waals surface area contributed by atoms with Crippen molar-refractivity contribution in [1.82, 2.24) is 5.32 Å². The van der Waals surface area contributed by atoms with Crippen molar-refractivity contribution >= 4 is 0 Å². The molecule has 0 radical (unpaired) electrons. The summed E-state index contributed by atoms with van der Waals surface area (Å²) in [7, 11) is 0. The third-order valence-corrected chi connectivity index (χ3v) is 3.99. The molecule has 0 spiro atoms. The van der Waals surface area contributed by atoms with Crippen molar-refractivity contribution < 1.29 is 4.74 Å². The first-order chi connectivity index (χ1) is 7.81. The quantitative estimate of drug-likeness (QED) is 0.790. The lowest BCUT2D eigenvalue weighted by Gasteiger charge is -2.29. The van der Waals surface area contributed by atoms with Crippen LogP contribution in [0.15, 0.2) is 11.8 Å². The zero-order chi connectivity index (χ0) is 11.4. The van der Waals surface area contributed by atoms with Crippen LogP contribution in [0.4, 0.5) is 0 Å². The van der Waals surface area contributed by atoms with E-state index in [4.69, 9.17) is 4.74 Å². The first-order valence-corrected chi connectivity index (χ1v) is 6.85. The maximum absolute atomic E-state index is 5.49. The van der Waals surface area contributed by atoms with Crippen molar-refractivity contribution in [2.45, 2.75) is 52.0 Å². The number of hydrogen-bond donors (Lipinski definition) is 1. The standard InChI is InChI=1S/C14H25NO/c1-3-15-14(12-7-6-11(2)9-12)13-5-4-8-16-10-13/h10-12,14-15H,3-9H2,1-2H3. The minimum Gasteiger partial charge on any atom is -0.501 e. The van der Waals surface area contributed by atoms with Gasteiger partial charge in [0.05, 0.1) is 12.9 Å². The van der Waals surface area contributed by atoms with Crippen LogP contribution in [0.3, 0.4) is 0 Å². The van der Waals surface area contributed by atoms with Gasteiger partial charge in [0.2, 0.25) is 0 Å². The largest absolute Gasteiger partial charge is 0.501 e. The minimum absolute atomic E-state index is 0.579. The summed E-state index contributed by atoms with van der Waals surface area (Å²) in [4.78, 5) is 0. The zero-order valence-corrected chi connectivity index (χ0v) is 10.7. The van der Waals surface area contributed by atoms with E-state index in [1.165, 1.54) is 37.7 Å². The molecule has 3 atom stereocenters. The highest BCUT2D eigenvalue weighted by Crippen LogP contribution is 2.36. The van der Waals surface area contributed by atoms with E-state index < -0.39 is 0 Å². The zero-order valence-electron chi connectivity index (χ0n) is 10.7. The Hall–Kier alpha value is -0.500. The van der Waals surface area contributed by atoms with Gasteiger partial charge in [-0.3, -0.25) is 0 Å². The Kier molecular flexibility index (Phi) is 4.28. The number of rotatable bonds is 4. The van der Waals surface area contributed by atoms with E-state index in [1.807, 2.05) is 6.26 Å². The number of likely N-dealkylation sites (N-methyl/N-ethyl adjacent to an activating group) is 1. The van der Waals surface area contributed by atoms with Crippen molar-refractivity contribution in [1.29, 1.82) is 0 Å². The van der Waals surface area contributed by atoms with Gasteiger partial charge in [-0.25, -0.2) is 0 Å². The van der Waals surface area contributed by atoms with Gasteiger partial charge in [0.15, 0.2) is 0 Å². The second kappa shape index (κ2) is 5.72. The molecule has 3 unspecified atom stereocenters. The highest BCUT2D eigenvalue weighted by atomic mass is 16.5. The van der Waals surface area contributed by atoms with Gasteiger partial charge in [0.25, 0.3) is 0 Å². The molecule has 2 heteroatoms. The Morgan fingerprint density at radius 2 is 2.38 bits per heavy atom. The Morgan fingerprint density at radius 3 is 2.94 bits per heavy atom. The first-order valence-electron chi connectivity index (χ1n) is 6.85. The molecule has 1 fully saturated rings. The van der Waals surface area contributed by atoms with Gasteiger partial charge in [-0.1, -0.05) is 20.3 Å². The second-order valence-electron chi connectivity index (χ2n) is 5.38. The molecular formula is C14H25NO. The molecule has 1 aliphatic carbocycles. The van der Waals surface area contributed by atoms with Crippen LogP contribution in [0.2, 0.25) is 0 Å². The fourth-order valence-corrected chi connectivity index (χ4v) is 3.19. The van der Waals surface area contributed by atoms with Crippen molar-refractivity contribution in [3.8, 4) is 0 Å². The SMILES string of the molecule is CCNC(C1=COCCC1)C1CCC(C)C1. The van der Waals surface area contributed by atoms with Crippen LogP contribution in [0.25, 0.3) is 0 Å². The molecule has 0 aromatic heterocycles. The molecule has 2 aliphatic rings. The molecule has 1 saturated carbocycles. The monoisotopic (exact) mass is 223 g/mol. The van der Waals surface area contributed by atoms with Gasteiger partial charge in [-0.05, 0) is 49.6 Å². The summed E-state index contributed by atoms with van der Waals surface area (Å²) < 4.78 is 5.49. The van der Waals surface area contributed by atoms with E-state index in [2.05, 4.69) is 19.2 Å². The summed E-state index contributed by atoms with van der Waals surface area (Å²) in [5, 5.41) is 3.67. The Balaban J connectivity index is 2.01. The lowest BCUT2D eigenvalue weighted by Crippen LogP contribution is -2.37. The summed E-state index contributed by atoms with van der Waals surface area (Å²) in [5.74, 6) is 1.75. The molecule has 1 N–H and O–H groups in total. The summed E-state index contributed by atoms with van der Waals surface area (Å²) in [5.41, 5.74) is 1.51. The van der Waals surface area contributed by atoms with Crippen LogP contribution in [-0.4, -0.2) is 19.2 Å². The highest BCUT2D eigenvalue weighted by Gasteiger charge is 2.31. The molecule has 16 heavy (non-hydrogen) atoms. The predicted octanol–water partition coefficient (Wildman–Crippen LogP) is 3.10. The van der Waals surface area contributed by atoms with Gasteiger partial charge >= 0.3 is 0 Å². The van der Waals surface area contributed by atoms with Gasteiger partial charge in [-0.2, -0.15) is 0 Å². The normalized spacial score (nSPS) is 32.0. The molecule has 2 rings (SSSR count). The fourth-order valence-electron chi connectivity index (χ4n) is 3.19. The number of ether oxygens (including phenoxy) is 1. The molecule has 1 aliphatic heterocycles. The average molecular weight is 223 g/mol. The van der Waals surface area contributed by atoms with E-state index in [0.717, 1.165) is 25.0 Å². The molecule has 2 nitrogen and oxygen atoms in total. The molecule has 0 amide bonds. The summed E-state index contributed by atoms with van der Waals surface area (Å²) in [6.07, 6.45) is 8.62. The molecular weight excluding hydrogens is 198 g/mol. The van der Waals surface area contributed by atoms with E-state index in [-0.39, 0.29) is 0 Å². The van der Waals surface area contributed by atoms with E-state index in [9.17, 15) is 0 Å². The summed E-state index contributed by atoms with van der Waals surface area (Å²) >= 11 is 0. The summed E-state index contributed by atoms with van der Waals surface area (Å²) in [6.45, 7) is 6.56. The first kappa shape index (κ1) is 12.0. The highest BCUT2D eigenvalue weighted by molar-refractivity contribution is 5.12. The van der Waals surface area contributed by atoms with Crippen LogP contribution in [-0.2, 0) is 4.74 Å².